The number of piperidine rings is 1. The summed E-state index contributed by atoms with van der Waals surface area (Å²) >= 11 is 0. The van der Waals surface area contributed by atoms with Gasteiger partial charge >= 0.3 is 12.3 Å². The first kappa shape index (κ1) is 29.2. The molecule has 0 saturated carbocycles. The van der Waals surface area contributed by atoms with E-state index in [0.29, 0.717) is 11.6 Å². The molecule has 1 unspecified atom stereocenters. The Hall–Kier alpha value is -4.03. The van der Waals surface area contributed by atoms with Crippen molar-refractivity contribution in [3.05, 3.63) is 72.1 Å². The summed E-state index contributed by atoms with van der Waals surface area (Å²) in [6, 6.07) is -0.876. The highest BCUT2D eigenvalue weighted by molar-refractivity contribution is 6.06. The summed E-state index contributed by atoms with van der Waals surface area (Å²) in [6.45, 7) is 13.9. The maximum atomic E-state index is 14.5. The minimum atomic E-state index is -5.07. The fourth-order valence-electron chi connectivity index (χ4n) is 3.52. The molecule has 0 bridgehead atoms. The number of carbonyl (C=O) groups excluding carboxylic acids is 4. The van der Waals surface area contributed by atoms with Crippen LogP contribution in [0.5, 0.6) is 0 Å². The molecule has 0 aliphatic carbocycles. The summed E-state index contributed by atoms with van der Waals surface area (Å²) in [5, 5.41) is 4.10. The smallest absolute Gasteiger partial charge is 0.406 e. The Bertz CT molecular complexity index is 1150. The first-order chi connectivity index (χ1) is 16.9. The van der Waals surface area contributed by atoms with E-state index in [1.165, 1.54) is 11.0 Å². The fourth-order valence-corrected chi connectivity index (χ4v) is 3.52. The zero-order valence-electron chi connectivity index (χ0n) is 19.8. The number of rotatable bonds is 9. The minimum Gasteiger partial charge on any atom is -0.406 e. The van der Waals surface area contributed by atoms with Crippen LogP contribution < -0.4 is 10.6 Å². The summed E-state index contributed by atoms with van der Waals surface area (Å²) in [5.41, 5.74) is -1.05. The number of amides is 4. The van der Waals surface area contributed by atoms with Gasteiger partial charge in [-0.25, -0.2) is 0 Å². The van der Waals surface area contributed by atoms with Crippen molar-refractivity contribution in [2.24, 2.45) is 0 Å². The van der Waals surface area contributed by atoms with Crippen LogP contribution in [0.25, 0.3) is 0 Å². The SMILES string of the molecule is C=C(/C=C1/CN(C2CCC(=O)NC2=O)C(=O)C1=C)CNC(=O)C(F)(F)C(=C)/C(C)=C\C(=C)OC(F)(F)F. The normalized spacial score (nSPS) is 20.2. The summed E-state index contributed by atoms with van der Waals surface area (Å²) in [7, 11) is 0. The zero-order valence-corrected chi connectivity index (χ0v) is 19.8. The predicted octanol–water partition coefficient (Wildman–Crippen LogP) is 2.98. The molecule has 8 nitrogen and oxygen atoms in total. The van der Waals surface area contributed by atoms with Gasteiger partial charge in [0.05, 0.1) is 0 Å². The number of hydrogen-bond donors (Lipinski definition) is 2. The Kier molecular flexibility index (Phi) is 8.63. The first-order valence-electron chi connectivity index (χ1n) is 10.6. The van der Waals surface area contributed by atoms with Crippen LogP contribution in [0.1, 0.15) is 19.8 Å². The van der Waals surface area contributed by atoms with Gasteiger partial charge in [-0.2, -0.15) is 8.78 Å². The van der Waals surface area contributed by atoms with Crippen LogP contribution in [0.2, 0.25) is 0 Å². The summed E-state index contributed by atoms with van der Waals surface area (Å²) in [5.74, 6) is -8.57. The molecule has 13 heteroatoms. The largest absolute Gasteiger partial charge is 0.573 e. The molecular formula is C24H24F5N3O5. The summed E-state index contributed by atoms with van der Waals surface area (Å²) in [4.78, 5) is 49.3. The van der Waals surface area contributed by atoms with Crippen LogP contribution in [-0.4, -0.2) is 59.9 Å². The number of nitrogens with zero attached hydrogens (tertiary/aromatic N) is 1. The Morgan fingerprint density at radius 2 is 1.81 bits per heavy atom. The lowest BCUT2D eigenvalue weighted by atomic mass is 10.0. The van der Waals surface area contributed by atoms with Gasteiger partial charge in [-0.05, 0) is 36.1 Å². The maximum Gasteiger partial charge on any atom is 0.573 e. The lowest BCUT2D eigenvalue weighted by molar-refractivity contribution is -0.303. The number of alkyl halides is 5. The highest BCUT2D eigenvalue weighted by atomic mass is 19.4. The molecule has 200 valence electrons. The van der Waals surface area contributed by atoms with Gasteiger partial charge in [0.1, 0.15) is 11.8 Å². The van der Waals surface area contributed by atoms with E-state index in [0.717, 1.165) is 6.92 Å². The van der Waals surface area contributed by atoms with E-state index in [-0.39, 0.29) is 30.5 Å². The molecule has 2 aliphatic heterocycles. The monoisotopic (exact) mass is 529 g/mol. The Morgan fingerprint density at radius 3 is 2.38 bits per heavy atom. The van der Waals surface area contributed by atoms with Gasteiger partial charge in [0.25, 0.3) is 11.8 Å². The van der Waals surface area contributed by atoms with Crippen LogP contribution in [-0.2, 0) is 23.9 Å². The highest BCUT2D eigenvalue weighted by Gasteiger charge is 2.43. The molecule has 0 spiro atoms. The highest BCUT2D eigenvalue weighted by Crippen LogP contribution is 2.31. The van der Waals surface area contributed by atoms with Crippen molar-refractivity contribution in [2.45, 2.75) is 38.1 Å². The zero-order chi connectivity index (χ0) is 28.3. The van der Waals surface area contributed by atoms with E-state index in [2.05, 4.69) is 36.4 Å². The summed E-state index contributed by atoms with van der Waals surface area (Å²) in [6.07, 6.45) is -2.96. The molecule has 0 aromatic heterocycles. The molecule has 37 heavy (non-hydrogen) atoms. The average Bonchev–Trinajstić information content (AvgIpc) is 3.03. The lowest BCUT2D eigenvalue weighted by Gasteiger charge is -2.28. The van der Waals surface area contributed by atoms with E-state index < -0.39 is 65.4 Å². The van der Waals surface area contributed by atoms with Crippen molar-refractivity contribution in [2.75, 3.05) is 13.1 Å². The van der Waals surface area contributed by atoms with E-state index >= 15 is 0 Å². The van der Waals surface area contributed by atoms with Gasteiger partial charge in [-0.1, -0.05) is 32.4 Å². The molecule has 1 atom stereocenters. The van der Waals surface area contributed by atoms with Gasteiger partial charge in [-0.15, -0.1) is 13.2 Å². The molecule has 0 aromatic carbocycles. The van der Waals surface area contributed by atoms with Gasteiger partial charge < -0.3 is 15.0 Å². The van der Waals surface area contributed by atoms with Crippen LogP contribution in [0, 0.1) is 0 Å². The van der Waals surface area contributed by atoms with Crippen molar-refractivity contribution >= 4 is 23.6 Å². The van der Waals surface area contributed by atoms with E-state index in [1.807, 2.05) is 5.32 Å². The van der Waals surface area contributed by atoms with Crippen LogP contribution >= 0.6 is 0 Å². The molecule has 0 aromatic rings. The maximum absolute atomic E-state index is 14.5. The number of carbonyl (C=O) groups is 4. The molecule has 0 radical (unpaired) electrons. The first-order valence-corrected chi connectivity index (χ1v) is 10.6. The topological polar surface area (TPSA) is 105 Å². The Labute approximate surface area is 208 Å². The molecule has 2 fully saturated rings. The second-order valence-electron chi connectivity index (χ2n) is 8.28. The number of imide groups is 1. The van der Waals surface area contributed by atoms with Crippen molar-refractivity contribution in [1.29, 1.82) is 0 Å². The molecule has 2 N–H and O–H groups in total. The number of hydrogen-bond acceptors (Lipinski definition) is 5. The number of ether oxygens (including phenoxy) is 1. The van der Waals surface area contributed by atoms with Crippen molar-refractivity contribution in [3.63, 3.8) is 0 Å². The molecule has 4 amide bonds. The van der Waals surface area contributed by atoms with Crippen molar-refractivity contribution < 1.29 is 45.9 Å². The number of nitrogens with one attached hydrogen (secondary N) is 2. The second-order valence-corrected chi connectivity index (χ2v) is 8.28. The molecule has 2 heterocycles. The predicted molar refractivity (Wildman–Crippen MR) is 121 cm³/mol. The van der Waals surface area contributed by atoms with Crippen LogP contribution in [0.15, 0.2) is 72.1 Å². The minimum absolute atomic E-state index is 0.0398. The van der Waals surface area contributed by atoms with Crippen LogP contribution in [0.3, 0.4) is 0 Å². The van der Waals surface area contributed by atoms with Crippen molar-refractivity contribution in [1.82, 2.24) is 15.5 Å². The van der Waals surface area contributed by atoms with Crippen molar-refractivity contribution in [3.8, 4) is 0 Å². The number of allylic oxidation sites excluding steroid dienone is 2. The van der Waals surface area contributed by atoms with Gasteiger partial charge in [-0.3, -0.25) is 24.5 Å². The molecule has 2 rings (SSSR count). The third-order valence-corrected chi connectivity index (χ3v) is 5.45. The summed E-state index contributed by atoms with van der Waals surface area (Å²) < 4.78 is 69.2. The Balaban J connectivity index is 2.01. The van der Waals surface area contributed by atoms with Crippen LogP contribution in [0.4, 0.5) is 22.0 Å². The molecule has 2 saturated heterocycles. The number of likely N-dealkylation sites (tertiary alicyclic amines) is 1. The van der Waals surface area contributed by atoms with Gasteiger partial charge in [0.15, 0.2) is 0 Å². The second kappa shape index (κ2) is 10.9. The Morgan fingerprint density at radius 1 is 1.19 bits per heavy atom. The average molecular weight is 529 g/mol. The number of halogens is 5. The third-order valence-electron chi connectivity index (χ3n) is 5.45. The third kappa shape index (κ3) is 7.24. The van der Waals surface area contributed by atoms with E-state index in [4.69, 9.17) is 0 Å². The fraction of sp³-hybridized carbons (Fsp3) is 0.333. The molecule has 2 aliphatic rings. The lowest BCUT2D eigenvalue weighted by Crippen LogP contribution is -2.52. The standard InChI is InChI=1S/C24H24F5N3O5/c1-12(8-17-11-32(21(35)15(17)4)18-6-7-19(33)31-20(18)34)10-30-22(36)23(25,26)16(5)13(2)9-14(3)37-24(27,28)29/h8-9,18H,1,3-7,10-11H2,2H3,(H,30,36)(H,31,33,34)/b13-9-,17-8-. The van der Waals surface area contributed by atoms with Gasteiger partial charge in [0.2, 0.25) is 11.8 Å². The van der Waals surface area contributed by atoms with E-state index in [1.54, 1.807) is 0 Å². The van der Waals surface area contributed by atoms with Gasteiger partial charge in [0, 0.05) is 30.7 Å². The molecular weight excluding hydrogens is 505 g/mol. The van der Waals surface area contributed by atoms with E-state index in [9.17, 15) is 41.1 Å². The quantitative estimate of drug-likeness (QED) is 0.157.